The van der Waals surface area contributed by atoms with Crippen molar-refractivity contribution in [1.82, 2.24) is 4.98 Å². The summed E-state index contributed by atoms with van der Waals surface area (Å²) in [6, 6.07) is 11.4. The van der Waals surface area contributed by atoms with Crippen LogP contribution in [0.4, 0.5) is 5.13 Å². The van der Waals surface area contributed by atoms with Crippen LogP contribution >= 0.6 is 11.3 Å². The molecule has 4 rings (SSSR count). The highest BCUT2D eigenvalue weighted by atomic mass is 32.1. The first-order chi connectivity index (χ1) is 12.5. The van der Waals surface area contributed by atoms with Gasteiger partial charge in [0.2, 0.25) is 6.79 Å². The molecule has 1 N–H and O–H groups in total. The van der Waals surface area contributed by atoms with Crippen molar-refractivity contribution in [2.24, 2.45) is 0 Å². The molecule has 0 bridgehead atoms. The van der Waals surface area contributed by atoms with Gasteiger partial charge < -0.3 is 9.47 Å². The highest BCUT2D eigenvalue weighted by Crippen LogP contribution is 2.34. The van der Waals surface area contributed by atoms with E-state index in [2.05, 4.69) is 42.3 Å². The average molecular weight is 366 g/mol. The second-order valence-electron chi connectivity index (χ2n) is 6.25. The fourth-order valence-electron chi connectivity index (χ4n) is 2.81. The van der Waals surface area contributed by atoms with Crippen LogP contribution in [-0.2, 0) is 0 Å². The molecule has 26 heavy (non-hydrogen) atoms. The maximum absolute atomic E-state index is 12.5. The lowest BCUT2D eigenvalue weighted by Gasteiger charge is -2.04. The number of carbonyl (C=O) groups excluding carboxylic acids is 1. The predicted molar refractivity (Wildman–Crippen MR) is 102 cm³/mol. The number of aromatic nitrogens is 1. The van der Waals surface area contributed by atoms with E-state index in [9.17, 15) is 4.79 Å². The zero-order valence-corrected chi connectivity index (χ0v) is 15.6. The number of hydrogen-bond acceptors (Lipinski definition) is 5. The van der Waals surface area contributed by atoms with E-state index in [0.29, 0.717) is 22.2 Å². The quantitative estimate of drug-likeness (QED) is 0.729. The zero-order valence-electron chi connectivity index (χ0n) is 14.8. The summed E-state index contributed by atoms with van der Waals surface area (Å²) in [5.41, 5.74) is 4.94. The molecule has 0 unspecified atom stereocenters. The van der Waals surface area contributed by atoms with Gasteiger partial charge in [0.05, 0.1) is 5.69 Å². The molecule has 2 aromatic carbocycles. The number of ether oxygens (including phenoxy) is 2. The van der Waals surface area contributed by atoms with Crippen LogP contribution in [0.5, 0.6) is 11.5 Å². The Morgan fingerprint density at radius 3 is 2.65 bits per heavy atom. The number of fused-ring (bicyclic) bond motifs is 1. The van der Waals surface area contributed by atoms with Crippen LogP contribution in [0, 0.1) is 20.8 Å². The van der Waals surface area contributed by atoms with Gasteiger partial charge in [0.1, 0.15) is 0 Å². The van der Waals surface area contributed by atoms with Gasteiger partial charge in [-0.25, -0.2) is 4.98 Å². The number of aryl methyl sites for hydroxylation is 3. The number of benzene rings is 2. The summed E-state index contributed by atoms with van der Waals surface area (Å²) in [7, 11) is 0. The Bertz CT molecular complexity index is 1010. The lowest BCUT2D eigenvalue weighted by atomic mass is 10.0. The third-order valence-corrected chi connectivity index (χ3v) is 5.32. The lowest BCUT2D eigenvalue weighted by Crippen LogP contribution is -2.11. The molecular weight excluding hydrogens is 348 g/mol. The molecular formula is C20H18N2O3S. The van der Waals surface area contributed by atoms with Gasteiger partial charge in [0.25, 0.3) is 5.91 Å². The van der Waals surface area contributed by atoms with Crippen LogP contribution in [0.25, 0.3) is 11.3 Å². The predicted octanol–water partition coefficient (Wildman–Crippen LogP) is 4.72. The van der Waals surface area contributed by atoms with Gasteiger partial charge in [-0.1, -0.05) is 12.1 Å². The van der Waals surface area contributed by atoms with Crippen molar-refractivity contribution in [1.29, 1.82) is 0 Å². The summed E-state index contributed by atoms with van der Waals surface area (Å²) < 4.78 is 10.6. The minimum absolute atomic E-state index is 0.186. The van der Waals surface area contributed by atoms with E-state index in [4.69, 9.17) is 9.47 Å². The fraction of sp³-hybridized carbons (Fsp3) is 0.200. The molecule has 5 nitrogen and oxygen atoms in total. The fourth-order valence-corrected chi connectivity index (χ4v) is 3.64. The van der Waals surface area contributed by atoms with Crippen LogP contribution in [-0.4, -0.2) is 17.7 Å². The Balaban J connectivity index is 1.57. The van der Waals surface area contributed by atoms with Gasteiger partial charge in [-0.3, -0.25) is 10.1 Å². The second-order valence-corrected chi connectivity index (χ2v) is 7.45. The zero-order chi connectivity index (χ0) is 18.3. The minimum atomic E-state index is -0.219. The van der Waals surface area contributed by atoms with Gasteiger partial charge >= 0.3 is 0 Å². The van der Waals surface area contributed by atoms with E-state index in [-0.39, 0.29) is 12.7 Å². The Kier molecular flexibility index (Phi) is 4.12. The van der Waals surface area contributed by atoms with Crippen molar-refractivity contribution in [3.8, 4) is 22.8 Å². The van der Waals surface area contributed by atoms with Crippen molar-refractivity contribution in [3.05, 3.63) is 58.0 Å². The van der Waals surface area contributed by atoms with Crippen molar-refractivity contribution >= 4 is 22.4 Å². The van der Waals surface area contributed by atoms with Gasteiger partial charge in [-0.15, -0.1) is 11.3 Å². The third kappa shape index (κ3) is 3.04. The molecule has 0 atom stereocenters. The van der Waals surface area contributed by atoms with E-state index in [1.807, 2.05) is 6.92 Å². The van der Waals surface area contributed by atoms with Gasteiger partial charge in [-0.05, 0) is 56.2 Å². The number of anilines is 1. The molecule has 1 aliphatic rings. The number of nitrogens with zero attached hydrogens (tertiary/aromatic N) is 1. The van der Waals surface area contributed by atoms with Crippen molar-refractivity contribution in [2.75, 3.05) is 12.1 Å². The summed E-state index contributed by atoms with van der Waals surface area (Å²) >= 11 is 1.47. The largest absolute Gasteiger partial charge is 0.454 e. The molecule has 1 aliphatic heterocycles. The van der Waals surface area contributed by atoms with Crippen molar-refractivity contribution in [2.45, 2.75) is 20.8 Å². The maximum Gasteiger partial charge on any atom is 0.257 e. The maximum atomic E-state index is 12.5. The van der Waals surface area contributed by atoms with Gasteiger partial charge in [-0.2, -0.15) is 0 Å². The lowest BCUT2D eigenvalue weighted by molar-refractivity contribution is 0.102. The molecule has 1 aromatic heterocycles. The summed E-state index contributed by atoms with van der Waals surface area (Å²) in [6.07, 6.45) is 0. The standard InChI is InChI=1S/C20H18N2O3S/c1-11-4-5-14(8-12(11)2)18-13(3)26-20(21-18)22-19(23)15-6-7-16-17(9-15)25-10-24-16/h4-9H,10H2,1-3H3,(H,21,22,23). The van der Waals surface area contributed by atoms with Gasteiger partial charge in [0, 0.05) is 16.0 Å². The number of thiazole rings is 1. The first-order valence-electron chi connectivity index (χ1n) is 8.27. The van der Waals surface area contributed by atoms with Crippen LogP contribution in [0.3, 0.4) is 0 Å². The Morgan fingerprint density at radius 1 is 1.04 bits per heavy atom. The number of rotatable bonds is 3. The van der Waals surface area contributed by atoms with E-state index in [0.717, 1.165) is 16.1 Å². The number of carbonyl (C=O) groups is 1. The number of hydrogen-bond donors (Lipinski definition) is 1. The molecule has 6 heteroatoms. The first kappa shape index (κ1) is 16.6. The van der Waals surface area contributed by atoms with Crippen LogP contribution in [0.15, 0.2) is 36.4 Å². The smallest absolute Gasteiger partial charge is 0.257 e. The highest BCUT2D eigenvalue weighted by Gasteiger charge is 2.18. The van der Waals surface area contributed by atoms with Crippen LogP contribution in [0.1, 0.15) is 26.4 Å². The molecule has 0 spiro atoms. The van der Waals surface area contributed by atoms with Crippen LogP contribution < -0.4 is 14.8 Å². The summed E-state index contributed by atoms with van der Waals surface area (Å²) in [6.45, 7) is 6.37. The molecule has 1 amide bonds. The molecule has 132 valence electrons. The Morgan fingerprint density at radius 2 is 1.85 bits per heavy atom. The van der Waals surface area contributed by atoms with Crippen molar-refractivity contribution in [3.63, 3.8) is 0 Å². The molecule has 0 saturated heterocycles. The van der Waals surface area contributed by atoms with Crippen molar-refractivity contribution < 1.29 is 14.3 Å². The third-order valence-electron chi connectivity index (χ3n) is 4.43. The number of amides is 1. The van der Waals surface area contributed by atoms with E-state index >= 15 is 0 Å². The summed E-state index contributed by atoms with van der Waals surface area (Å²) in [5, 5.41) is 3.46. The van der Waals surface area contributed by atoms with E-state index in [1.165, 1.54) is 22.5 Å². The molecule has 2 heterocycles. The molecule has 0 fully saturated rings. The average Bonchev–Trinajstić information content (AvgIpc) is 3.23. The Hall–Kier alpha value is -2.86. The first-order valence-corrected chi connectivity index (χ1v) is 9.09. The van der Waals surface area contributed by atoms with E-state index < -0.39 is 0 Å². The molecule has 0 radical (unpaired) electrons. The summed E-state index contributed by atoms with van der Waals surface area (Å²) in [4.78, 5) is 18.2. The minimum Gasteiger partial charge on any atom is -0.454 e. The Labute approximate surface area is 155 Å². The van der Waals surface area contributed by atoms with E-state index in [1.54, 1.807) is 18.2 Å². The monoisotopic (exact) mass is 366 g/mol. The van der Waals surface area contributed by atoms with Crippen LogP contribution in [0.2, 0.25) is 0 Å². The topological polar surface area (TPSA) is 60.5 Å². The number of nitrogens with one attached hydrogen (secondary N) is 1. The normalized spacial score (nSPS) is 12.3. The molecule has 0 saturated carbocycles. The molecule has 0 aliphatic carbocycles. The molecule has 3 aromatic rings. The summed E-state index contributed by atoms with van der Waals surface area (Å²) in [5.74, 6) is 1.02. The van der Waals surface area contributed by atoms with Gasteiger partial charge in [0.15, 0.2) is 16.6 Å². The SMILES string of the molecule is Cc1ccc(-c2nc(NC(=O)c3ccc4c(c3)OCO4)sc2C)cc1C. The highest BCUT2D eigenvalue weighted by molar-refractivity contribution is 7.16. The second kappa shape index (κ2) is 6.46.